The van der Waals surface area contributed by atoms with Gasteiger partial charge in [0.05, 0.1) is 11.4 Å². The van der Waals surface area contributed by atoms with Crippen LogP contribution in [-0.2, 0) is 20.2 Å². The third kappa shape index (κ3) is 5.44. The molecule has 2 heterocycles. The van der Waals surface area contributed by atoms with Gasteiger partial charge in [0.25, 0.3) is 20.2 Å². The fourth-order valence-electron chi connectivity index (χ4n) is 4.60. The lowest BCUT2D eigenvalue weighted by Gasteiger charge is -2.23. The molecule has 0 bridgehead atoms. The molecule has 0 fully saturated rings. The van der Waals surface area contributed by atoms with Crippen molar-refractivity contribution in [3.8, 4) is 0 Å². The lowest BCUT2D eigenvalue weighted by molar-refractivity contribution is 0.482. The van der Waals surface area contributed by atoms with Gasteiger partial charge >= 0.3 is 12.2 Å². The first-order valence-corrected chi connectivity index (χ1v) is 15.1. The first-order valence-electron chi connectivity index (χ1n) is 12.2. The van der Waals surface area contributed by atoms with Crippen LogP contribution in [0.4, 0.5) is 38.0 Å². The Morgan fingerprint density at radius 3 is 1.86 bits per heavy atom. The quantitative estimate of drug-likeness (QED) is 0.208. The number of hydrogen-bond donors (Lipinski definition) is 3. The van der Waals surface area contributed by atoms with E-state index in [4.69, 9.17) is 0 Å². The summed E-state index contributed by atoms with van der Waals surface area (Å²) in [7, 11) is -9.88. The molecule has 0 unspecified atom stereocenters. The maximum absolute atomic E-state index is 15.0. The molecule has 44 heavy (non-hydrogen) atoms. The molecule has 6 rings (SSSR count). The van der Waals surface area contributed by atoms with Gasteiger partial charge in [-0.25, -0.2) is 9.88 Å². The van der Waals surface area contributed by atoms with Crippen LogP contribution in [0.15, 0.2) is 88.9 Å². The fourth-order valence-corrected chi connectivity index (χ4v) is 6.34. The van der Waals surface area contributed by atoms with Crippen molar-refractivity contribution in [1.82, 2.24) is 29.9 Å². The SMILES string of the molecule is O=S(=O)(O)c1c(Nc2nc(F)nc(N(c3ncnc(F)n3)c3ccc4ccccc4c3S(=O)(=O)O)n2)ccc2ccccc12. The van der Waals surface area contributed by atoms with Crippen LogP contribution in [0.1, 0.15) is 0 Å². The molecule has 3 N–H and O–H groups in total. The monoisotopic (exact) mass is 638 g/mol. The number of anilines is 5. The van der Waals surface area contributed by atoms with Crippen molar-refractivity contribution >= 4 is 71.0 Å². The highest BCUT2D eigenvalue weighted by atomic mass is 32.2. The lowest BCUT2D eigenvalue weighted by Crippen LogP contribution is -2.21. The number of rotatable bonds is 7. The summed E-state index contributed by atoms with van der Waals surface area (Å²) in [6.45, 7) is 0. The van der Waals surface area contributed by atoms with Gasteiger partial charge in [-0.15, -0.1) is 0 Å². The van der Waals surface area contributed by atoms with Crippen LogP contribution >= 0.6 is 0 Å². The van der Waals surface area contributed by atoms with Gasteiger partial charge < -0.3 is 5.32 Å². The van der Waals surface area contributed by atoms with Crippen molar-refractivity contribution in [2.45, 2.75) is 9.79 Å². The van der Waals surface area contributed by atoms with Crippen LogP contribution in [0.2, 0.25) is 0 Å². The Kier molecular flexibility index (Phi) is 7.04. The largest absolute Gasteiger partial charge is 0.323 e. The second-order valence-corrected chi connectivity index (χ2v) is 11.7. The Morgan fingerprint density at radius 1 is 0.636 bits per heavy atom. The minimum absolute atomic E-state index is 0.0360. The Labute approximate surface area is 246 Å². The van der Waals surface area contributed by atoms with Crippen molar-refractivity contribution in [2.24, 2.45) is 0 Å². The standard InChI is InChI=1S/C26H16F2N8O6S2/c27-22-29-13-30-25(33-22)36(19-12-10-15-6-2-4-8-17(15)21(19)44(40,41)42)26-34-23(28)32-24(35-26)31-18-11-9-14-5-1-3-7-16(14)20(18)43(37,38)39/h1-13H,(H,37,38,39)(H,40,41,42)(H,31,32,34,35). The van der Waals surface area contributed by atoms with Gasteiger partial charge in [-0.2, -0.15) is 50.5 Å². The average Bonchev–Trinajstić information content (AvgIpc) is 2.95. The number of nitrogens with one attached hydrogen (secondary N) is 1. The second-order valence-electron chi connectivity index (χ2n) is 8.99. The number of aromatic nitrogens is 6. The Hall–Kier alpha value is -5.30. The van der Waals surface area contributed by atoms with E-state index in [9.17, 15) is 34.7 Å². The third-order valence-corrected chi connectivity index (χ3v) is 8.17. The van der Waals surface area contributed by atoms with Crippen molar-refractivity contribution in [3.63, 3.8) is 0 Å². The zero-order valence-electron chi connectivity index (χ0n) is 21.7. The maximum Gasteiger partial charge on any atom is 0.315 e. The highest BCUT2D eigenvalue weighted by Gasteiger charge is 2.30. The van der Waals surface area contributed by atoms with E-state index in [1.54, 1.807) is 30.3 Å². The molecule has 2 aromatic heterocycles. The predicted octanol–water partition coefficient (Wildman–Crippen LogP) is 4.35. The molecule has 0 aliphatic rings. The lowest BCUT2D eigenvalue weighted by atomic mass is 10.1. The first kappa shape index (κ1) is 28.8. The van der Waals surface area contributed by atoms with Gasteiger partial charge in [-0.1, -0.05) is 60.7 Å². The second kappa shape index (κ2) is 10.8. The van der Waals surface area contributed by atoms with Crippen LogP contribution in [0.25, 0.3) is 21.5 Å². The van der Waals surface area contributed by atoms with E-state index in [0.29, 0.717) is 10.8 Å². The zero-order chi connectivity index (χ0) is 31.2. The van der Waals surface area contributed by atoms with E-state index in [0.717, 1.165) is 11.2 Å². The van der Waals surface area contributed by atoms with Crippen molar-refractivity contribution in [1.29, 1.82) is 0 Å². The summed E-state index contributed by atoms with van der Waals surface area (Å²) in [5, 5.41) is 3.56. The highest BCUT2D eigenvalue weighted by molar-refractivity contribution is 7.86. The van der Waals surface area contributed by atoms with E-state index in [1.807, 2.05) is 0 Å². The summed E-state index contributed by atoms with van der Waals surface area (Å²) < 4.78 is 99.6. The summed E-state index contributed by atoms with van der Waals surface area (Å²) in [5.41, 5.74) is -0.650. The Bertz CT molecular complexity index is 2330. The molecule has 14 nitrogen and oxygen atoms in total. The average molecular weight is 639 g/mol. The van der Waals surface area contributed by atoms with Gasteiger partial charge in [0.1, 0.15) is 16.1 Å². The summed E-state index contributed by atoms with van der Waals surface area (Å²) in [6, 6.07) is 17.8. The molecule has 0 radical (unpaired) electrons. The third-order valence-electron chi connectivity index (χ3n) is 6.27. The van der Waals surface area contributed by atoms with E-state index in [1.165, 1.54) is 42.5 Å². The number of halogens is 2. The van der Waals surface area contributed by atoms with Crippen LogP contribution in [0, 0.1) is 12.2 Å². The minimum atomic E-state index is -5.02. The van der Waals surface area contributed by atoms with Gasteiger partial charge in [-0.05, 0) is 22.9 Å². The molecule has 4 aromatic carbocycles. The highest BCUT2D eigenvalue weighted by Crippen LogP contribution is 2.39. The molecule has 0 atom stereocenters. The maximum atomic E-state index is 15.0. The molecule has 6 aromatic rings. The van der Waals surface area contributed by atoms with Crippen molar-refractivity contribution in [2.75, 3.05) is 10.2 Å². The van der Waals surface area contributed by atoms with E-state index in [-0.39, 0.29) is 16.5 Å². The predicted molar refractivity (Wildman–Crippen MR) is 152 cm³/mol. The molecule has 0 spiro atoms. The van der Waals surface area contributed by atoms with E-state index >= 15 is 0 Å². The smallest absolute Gasteiger partial charge is 0.315 e. The van der Waals surface area contributed by atoms with Gasteiger partial charge in [0.15, 0.2) is 0 Å². The van der Waals surface area contributed by atoms with Crippen LogP contribution < -0.4 is 10.2 Å². The van der Waals surface area contributed by atoms with E-state index < -0.39 is 65.7 Å². The molecular formula is C26H16F2N8O6S2. The molecule has 0 saturated carbocycles. The normalized spacial score (nSPS) is 12.0. The fraction of sp³-hybridized carbons (Fsp3) is 0. The summed E-state index contributed by atoms with van der Waals surface area (Å²) in [4.78, 5) is 21.4. The molecule has 0 aliphatic carbocycles. The van der Waals surface area contributed by atoms with Crippen molar-refractivity contribution < 1.29 is 34.7 Å². The molecular weight excluding hydrogens is 622 g/mol. The summed E-state index contributed by atoms with van der Waals surface area (Å²) in [6.07, 6.45) is -1.99. The van der Waals surface area contributed by atoms with Crippen LogP contribution in [0.5, 0.6) is 0 Å². The van der Waals surface area contributed by atoms with Crippen molar-refractivity contribution in [3.05, 3.63) is 91.3 Å². The topological polar surface area (TPSA) is 201 Å². The van der Waals surface area contributed by atoms with Crippen LogP contribution in [0.3, 0.4) is 0 Å². The molecule has 0 aliphatic heterocycles. The molecule has 0 saturated heterocycles. The number of fused-ring (bicyclic) bond motifs is 2. The number of nitrogens with zero attached hydrogens (tertiary/aromatic N) is 7. The first-order chi connectivity index (χ1) is 20.9. The number of benzene rings is 4. The van der Waals surface area contributed by atoms with E-state index in [2.05, 4.69) is 35.2 Å². The van der Waals surface area contributed by atoms with Gasteiger partial charge in [0.2, 0.25) is 17.8 Å². The van der Waals surface area contributed by atoms with Gasteiger partial charge in [-0.3, -0.25) is 9.11 Å². The van der Waals surface area contributed by atoms with Crippen LogP contribution in [-0.4, -0.2) is 55.8 Å². The number of hydrogen-bond acceptors (Lipinski definition) is 12. The summed E-state index contributed by atoms with van der Waals surface area (Å²) in [5.74, 6) is -1.93. The van der Waals surface area contributed by atoms with Gasteiger partial charge in [0, 0.05) is 10.8 Å². The Morgan fingerprint density at radius 2 is 1.23 bits per heavy atom. The molecule has 0 amide bonds. The summed E-state index contributed by atoms with van der Waals surface area (Å²) >= 11 is 0. The Balaban J connectivity index is 1.58. The minimum Gasteiger partial charge on any atom is -0.323 e. The molecule has 18 heteroatoms. The molecule has 222 valence electrons. The zero-order valence-corrected chi connectivity index (χ0v) is 23.4.